The van der Waals surface area contributed by atoms with Crippen LogP contribution in [0.25, 0.3) is 11.3 Å². The van der Waals surface area contributed by atoms with Crippen molar-refractivity contribution < 1.29 is 0 Å². The molecule has 0 saturated carbocycles. The maximum absolute atomic E-state index is 4.55. The molecule has 0 aliphatic rings. The Morgan fingerprint density at radius 3 is 2.22 bits per heavy atom. The number of thioether (sulfide) groups is 1. The fourth-order valence-corrected chi connectivity index (χ4v) is 3.51. The van der Waals surface area contributed by atoms with Gasteiger partial charge in [0.25, 0.3) is 0 Å². The fourth-order valence-electron chi connectivity index (χ4n) is 2.60. The van der Waals surface area contributed by atoms with E-state index in [4.69, 9.17) is 0 Å². The molecule has 0 aliphatic carbocycles. The molecule has 0 saturated heterocycles. The van der Waals surface area contributed by atoms with Crippen molar-refractivity contribution in [1.29, 1.82) is 0 Å². The highest BCUT2D eigenvalue weighted by atomic mass is 32.2. The van der Waals surface area contributed by atoms with E-state index in [9.17, 15) is 0 Å². The average molecular weight is 328 g/mol. The number of hydrogen-bond donors (Lipinski definition) is 0. The molecule has 0 radical (unpaired) electrons. The number of aromatic nitrogens is 1. The Kier molecular flexibility index (Phi) is 8.24. The van der Waals surface area contributed by atoms with Gasteiger partial charge in [0.15, 0.2) is 0 Å². The quantitative estimate of drug-likeness (QED) is 0.353. The van der Waals surface area contributed by atoms with Gasteiger partial charge in [0.1, 0.15) is 0 Å². The second kappa shape index (κ2) is 10.5. The third-order valence-electron chi connectivity index (χ3n) is 4.15. The van der Waals surface area contributed by atoms with Crippen LogP contribution in [0.2, 0.25) is 0 Å². The van der Waals surface area contributed by atoms with Crippen LogP contribution in [0.15, 0.2) is 47.5 Å². The van der Waals surface area contributed by atoms with Crippen LogP contribution in [0.3, 0.4) is 0 Å². The van der Waals surface area contributed by atoms with Crippen molar-refractivity contribution in [3.63, 3.8) is 0 Å². The third-order valence-corrected chi connectivity index (χ3v) is 5.25. The number of rotatable bonds is 10. The van der Waals surface area contributed by atoms with Crippen LogP contribution in [0.5, 0.6) is 0 Å². The molecule has 1 aromatic heterocycles. The second-order valence-electron chi connectivity index (χ2n) is 6.05. The first-order chi connectivity index (χ1) is 11.3. The molecule has 0 amide bonds. The van der Waals surface area contributed by atoms with Crippen LogP contribution >= 0.6 is 11.8 Å². The Hall–Kier alpha value is -1.28. The molecule has 0 N–H and O–H groups in total. The van der Waals surface area contributed by atoms with Crippen molar-refractivity contribution in [3.05, 3.63) is 48.2 Å². The summed E-state index contributed by atoms with van der Waals surface area (Å²) in [5.41, 5.74) is 3.56. The lowest BCUT2D eigenvalue weighted by atomic mass is 10.1. The zero-order valence-electron chi connectivity index (χ0n) is 14.6. The van der Waals surface area contributed by atoms with Gasteiger partial charge in [-0.1, -0.05) is 64.2 Å². The van der Waals surface area contributed by atoms with Gasteiger partial charge in [-0.25, -0.2) is 0 Å². The van der Waals surface area contributed by atoms with Crippen molar-refractivity contribution in [2.24, 2.45) is 0 Å². The van der Waals surface area contributed by atoms with E-state index in [1.165, 1.54) is 60.3 Å². The second-order valence-corrected chi connectivity index (χ2v) is 7.21. The predicted octanol–water partition coefficient (Wildman–Crippen LogP) is 6.76. The number of unbranched alkanes of at least 4 members (excludes halogenated alkanes) is 5. The van der Waals surface area contributed by atoms with Gasteiger partial charge in [-0.05, 0) is 42.4 Å². The number of nitrogens with zero attached hydrogens (tertiary/aromatic N) is 1. The summed E-state index contributed by atoms with van der Waals surface area (Å²) in [6, 6.07) is 13.1. The maximum Gasteiger partial charge on any atom is 0.0702 e. The topological polar surface area (TPSA) is 12.9 Å². The van der Waals surface area contributed by atoms with E-state index in [2.05, 4.69) is 55.2 Å². The third kappa shape index (κ3) is 6.39. The van der Waals surface area contributed by atoms with E-state index < -0.39 is 0 Å². The maximum atomic E-state index is 4.55. The predicted molar refractivity (Wildman–Crippen MR) is 103 cm³/mol. The van der Waals surface area contributed by atoms with Crippen molar-refractivity contribution in [2.45, 2.75) is 63.7 Å². The molecule has 0 bridgehead atoms. The molecule has 0 unspecified atom stereocenters. The zero-order valence-corrected chi connectivity index (χ0v) is 15.4. The summed E-state index contributed by atoms with van der Waals surface area (Å²) in [6.45, 7) is 4.43. The molecular weight excluding hydrogens is 298 g/mol. The number of aryl methyl sites for hydroxylation is 1. The van der Waals surface area contributed by atoms with Gasteiger partial charge in [-0.15, -0.1) is 11.8 Å². The van der Waals surface area contributed by atoms with Crippen molar-refractivity contribution in [3.8, 4) is 11.3 Å². The smallest absolute Gasteiger partial charge is 0.0702 e. The van der Waals surface area contributed by atoms with Gasteiger partial charge in [0, 0.05) is 16.7 Å². The minimum absolute atomic E-state index is 1.04. The zero-order chi connectivity index (χ0) is 16.3. The molecule has 2 rings (SSSR count). The van der Waals surface area contributed by atoms with Crippen molar-refractivity contribution in [2.75, 3.05) is 5.75 Å². The van der Waals surface area contributed by atoms with E-state index in [-0.39, 0.29) is 0 Å². The number of benzene rings is 1. The van der Waals surface area contributed by atoms with Crippen LogP contribution in [0.4, 0.5) is 0 Å². The van der Waals surface area contributed by atoms with Crippen molar-refractivity contribution in [1.82, 2.24) is 4.98 Å². The minimum atomic E-state index is 1.04. The molecule has 0 spiro atoms. The first-order valence-corrected chi connectivity index (χ1v) is 10.00. The molecule has 2 heteroatoms. The lowest BCUT2D eigenvalue weighted by molar-refractivity contribution is 0.627. The minimum Gasteiger partial charge on any atom is -0.256 e. The Morgan fingerprint density at radius 1 is 0.826 bits per heavy atom. The molecular formula is C21H29NS. The van der Waals surface area contributed by atoms with Crippen molar-refractivity contribution >= 4 is 11.8 Å². The van der Waals surface area contributed by atoms with E-state index in [0.717, 1.165) is 12.1 Å². The normalized spacial score (nSPS) is 10.9. The monoisotopic (exact) mass is 327 g/mol. The summed E-state index contributed by atoms with van der Waals surface area (Å²) in [6.07, 6.45) is 11.2. The van der Waals surface area contributed by atoms with Crippen LogP contribution < -0.4 is 0 Å². The largest absolute Gasteiger partial charge is 0.256 e. The lowest BCUT2D eigenvalue weighted by Gasteiger charge is -2.05. The molecule has 0 aliphatic heterocycles. The summed E-state index contributed by atoms with van der Waals surface area (Å²) in [5.74, 6) is 1.23. The Balaban J connectivity index is 1.75. The first-order valence-electron chi connectivity index (χ1n) is 9.01. The van der Waals surface area contributed by atoms with Gasteiger partial charge in [0.05, 0.1) is 5.69 Å². The molecule has 1 heterocycles. The fraction of sp³-hybridized carbons (Fsp3) is 0.476. The summed E-state index contributed by atoms with van der Waals surface area (Å²) >= 11 is 1.97. The van der Waals surface area contributed by atoms with Gasteiger partial charge in [-0.3, -0.25) is 4.98 Å². The summed E-state index contributed by atoms with van der Waals surface area (Å²) < 4.78 is 0. The highest BCUT2D eigenvalue weighted by molar-refractivity contribution is 7.99. The van der Waals surface area contributed by atoms with Crippen LogP contribution in [-0.2, 0) is 6.42 Å². The van der Waals surface area contributed by atoms with Crippen LogP contribution in [0.1, 0.15) is 57.9 Å². The van der Waals surface area contributed by atoms with Gasteiger partial charge in [0.2, 0.25) is 0 Å². The highest BCUT2D eigenvalue weighted by Gasteiger charge is 2.00. The van der Waals surface area contributed by atoms with E-state index >= 15 is 0 Å². The molecule has 124 valence electrons. The standard InChI is InChI=1S/C21H29NS/c1-3-5-6-7-8-9-16-23-20-13-11-19(12-14-20)21-15-10-18(4-2)17-22-21/h10-15,17H,3-9,16H2,1-2H3. The molecule has 1 nitrogen and oxygen atoms in total. The average Bonchev–Trinajstić information content (AvgIpc) is 2.61. The summed E-state index contributed by atoms with van der Waals surface area (Å²) in [7, 11) is 0. The Morgan fingerprint density at radius 2 is 1.57 bits per heavy atom. The molecule has 0 atom stereocenters. The summed E-state index contributed by atoms with van der Waals surface area (Å²) in [4.78, 5) is 5.92. The number of hydrogen-bond acceptors (Lipinski definition) is 2. The highest BCUT2D eigenvalue weighted by Crippen LogP contribution is 2.24. The first kappa shape index (κ1) is 18.1. The van der Waals surface area contributed by atoms with Crippen LogP contribution in [0, 0.1) is 0 Å². The van der Waals surface area contributed by atoms with E-state index in [0.29, 0.717) is 0 Å². The SMILES string of the molecule is CCCCCCCCSc1ccc(-c2ccc(CC)cn2)cc1. The van der Waals surface area contributed by atoms with E-state index in [1.807, 2.05) is 18.0 Å². The number of pyridine rings is 1. The molecule has 23 heavy (non-hydrogen) atoms. The Labute approximate surface area is 145 Å². The Bertz CT molecular complexity index is 545. The summed E-state index contributed by atoms with van der Waals surface area (Å²) in [5, 5.41) is 0. The lowest BCUT2D eigenvalue weighted by Crippen LogP contribution is -1.87. The van der Waals surface area contributed by atoms with Gasteiger partial charge in [-0.2, -0.15) is 0 Å². The van der Waals surface area contributed by atoms with Crippen LogP contribution in [-0.4, -0.2) is 10.7 Å². The molecule has 0 fully saturated rings. The van der Waals surface area contributed by atoms with Gasteiger partial charge < -0.3 is 0 Å². The van der Waals surface area contributed by atoms with E-state index in [1.54, 1.807) is 0 Å². The molecule has 2 aromatic rings. The molecule has 1 aromatic carbocycles. The van der Waals surface area contributed by atoms with Gasteiger partial charge >= 0.3 is 0 Å².